The summed E-state index contributed by atoms with van der Waals surface area (Å²) in [6, 6.07) is 1.66. The number of pyridine rings is 1. The van der Waals surface area contributed by atoms with Gasteiger partial charge < -0.3 is 9.64 Å². The third-order valence-electron chi connectivity index (χ3n) is 3.23. The van der Waals surface area contributed by atoms with E-state index in [1.165, 1.54) is 6.20 Å². The molecule has 22 heavy (non-hydrogen) atoms. The molecule has 0 radical (unpaired) electrons. The van der Waals surface area contributed by atoms with Gasteiger partial charge in [0.1, 0.15) is 16.9 Å². The minimum atomic E-state index is -4.41. The number of ether oxygens (including phenoxy) is 1. The number of alkyl halides is 3. The highest BCUT2D eigenvalue weighted by Gasteiger charge is 2.35. The van der Waals surface area contributed by atoms with E-state index in [4.69, 9.17) is 16.3 Å². The first-order chi connectivity index (χ1) is 10.4. The lowest BCUT2D eigenvalue weighted by Gasteiger charge is -2.16. The highest BCUT2D eigenvalue weighted by atomic mass is 35.5. The molecule has 0 spiro atoms. The molecule has 9 heteroatoms. The summed E-state index contributed by atoms with van der Waals surface area (Å²) in [6.07, 6.45) is -0.794. The molecule has 0 saturated carbocycles. The Morgan fingerprint density at radius 2 is 2.23 bits per heavy atom. The third kappa shape index (κ3) is 3.27. The summed E-state index contributed by atoms with van der Waals surface area (Å²) < 4.78 is 43.5. The summed E-state index contributed by atoms with van der Waals surface area (Å²) >= 11 is 6.96. The van der Waals surface area contributed by atoms with Crippen LogP contribution in [0.5, 0.6) is 5.75 Å². The minimum Gasteiger partial charge on any atom is -0.487 e. The van der Waals surface area contributed by atoms with Gasteiger partial charge in [0.25, 0.3) is 0 Å². The largest absolute Gasteiger partial charge is 0.487 e. The van der Waals surface area contributed by atoms with Crippen LogP contribution in [0.3, 0.4) is 0 Å². The average molecular weight is 350 g/mol. The molecule has 4 nitrogen and oxygen atoms in total. The number of halogens is 4. The SMILES string of the molecule is FC(F)(F)c1csc(N2CCC(Oc3ccncc3Cl)C2)n1. The molecule has 1 fully saturated rings. The quantitative estimate of drug-likeness (QED) is 0.843. The Hall–Kier alpha value is -1.54. The number of anilines is 1. The van der Waals surface area contributed by atoms with Crippen molar-refractivity contribution < 1.29 is 17.9 Å². The topological polar surface area (TPSA) is 38.2 Å². The number of hydrogen-bond donors (Lipinski definition) is 0. The predicted molar refractivity (Wildman–Crippen MR) is 77.6 cm³/mol. The van der Waals surface area contributed by atoms with Gasteiger partial charge in [-0.25, -0.2) is 4.98 Å². The van der Waals surface area contributed by atoms with Crippen LogP contribution in [0, 0.1) is 0 Å². The van der Waals surface area contributed by atoms with Gasteiger partial charge in [0.05, 0.1) is 6.54 Å². The van der Waals surface area contributed by atoms with Crippen LogP contribution in [0.25, 0.3) is 0 Å². The first kappa shape index (κ1) is 15.4. The van der Waals surface area contributed by atoms with Crippen molar-refractivity contribution in [2.24, 2.45) is 0 Å². The van der Waals surface area contributed by atoms with E-state index in [1.807, 2.05) is 0 Å². The van der Waals surface area contributed by atoms with Gasteiger partial charge in [0, 0.05) is 36.8 Å². The van der Waals surface area contributed by atoms with Gasteiger partial charge in [0.2, 0.25) is 0 Å². The molecular weight excluding hydrogens is 339 g/mol. The van der Waals surface area contributed by atoms with Crippen molar-refractivity contribution in [1.29, 1.82) is 0 Å². The molecule has 1 aliphatic rings. The zero-order valence-electron chi connectivity index (χ0n) is 11.2. The number of hydrogen-bond acceptors (Lipinski definition) is 5. The molecule has 1 atom stereocenters. The Morgan fingerprint density at radius 3 is 2.91 bits per heavy atom. The van der Waals surface area contributed by atoms with Crippen molar-refractivity contribution in [3.05, 3.63) is 34.6 Å². The van der Waals surface area contributed by atoms with E-state index < -0.39 is 11.9 Å². The van der Waals surface area contributed by atoms with Crippen LogP contribution in [0.15, 0.2) is 23.8 Å². The monoisotopic (exact) mass is 349 g/mol. The maximum absolute atomic E-state index is 12.6. The normalized spacial score (nSPS) is 18.7. The van der Waals surface area contributed by atoms with E-state index in [9.17, 15) is 13.2 Å². The lowest BCUT2D eigenvalue weighted by Crippen LogP contribution is -2.24. The number of rotatable bonds is 3. The van der Waals surface area contributed by atoms with E-state index >= 15 is 0 Å². The summed E-state index contributed by atoms with van der Waals surface area (Å²) in [5, 5.41) is 1.80. The lowest BCUT2D eigenvalue weighted by atomic mass is 10.3. The lowest BCUT2D eigenvalue weighted by molar-refractivity contribution is -0.140. The molecule has 0 bridgehead atoms. The maximum Gasteiger partial charge on any atom is 0.434 e. The first-order valence-electron chi connectivity index (χ1n) is 6.47. The van der Waals surface area contributed by atoms with Gasteiger partial charge in [-0.2, -0.15) is 13.2 Å². The van der Waals surface area contributed by atoms with E-state index in [2.05, 4.69) is 9.97 Å². The number of aromatic nitrogens is 2. The van der Waals surface area contributed by atoms with Gasteiger partial charge >= 0.3 is 6.18 Å². The summed E-state index contributed by atoms with van der Waals surface area (Å²) in [7, 11) is 0. The molecule has 0 amide bonds. The molecule has 1 saturated heterocycles. The van der Waals surface area contributed by atoms with Crippen LogP contribution in [0.1, 0.15) is 12.1 Å². The Bertz CT molecular complexity index is 664. The van der Waals surface area contributed by atoms with Gasteiger partial charge in [-0.3, -0.25) is 4.98 Å². The summed E-state index contributed by atoms with van der Waals surface area (Å²) in [4.78, 5) is 9.31. The smallest absolute Gasteiger partial charge is 0.434 e. The molecule has 0 aliphatic carbocycles. The van der Waals surface area contributed by atoms with Crippen molar-refractivity contribution in [2.45, 2.75) is 18.7 Å². The van der Waals surface area contributed by atoms with Crippen LogP contribution in [0.4, 0.5) is 18.3 Å². The van der Waals surface area contributed by atoms with Gasteiger partial charge in [-0.1, -0.05) is 11.6 Å². The molecule has 3 heterocycles. The molecule has 0 aromatic carbocycles. The summed E-state index contributed by atoms with van der Waals surface area (Å²) in [5.41, 5.74) is -0.853. The van der Waals surface area contributed by atoms with Crippen LogP contribution in [0.2, 0.25) is 5.02 Å². The molecular formula is C13H11ClF3N3OS. The van der Waals surface area contributed by atoms with E-state index in [1.54, 1.807) is 17.2 Å². The Kier molecular flexibility index (Phi) is 4.14. The summed E-state index contributed by atoms with van der Waals surface area (Å²) in [6.45, 7) is 1.07. The Labute approximate surface area is 133 Å². The minimum absolute atomic E-state index is 0.141. The van der Waals surface area contributed by atoms with Crippen molar-refractivity contribution in [1.82, 2.24) is 9.97 Å². The fourth-order valence-corrected chi connectivity index (χ4v) is 3.21. The van der Waals surface area contributed by atoms with Crippen LogP contribution >= 0.6 is 22.9 Å². The van der Waals surface area contributed by atoms with Gasteiger partial charge in [-0.15, -0.1) is 11.3 Å². The standard InChI is InChI=1S/C13H11ClF3N3OS/c14-9-5-18-3-1-10(9)21-8-2-4-20(6-8)12-19-11(7-22-12)13(15,16)17/h1,3,5,7-8H,2,4,6H2. The van der Waals surface area contributed by atoms with Gasteiger partial charge in [0.15, 0.2) is 10.8 Å². The average Bonchev–Trinajstić information content (AvgIpc) is 3.09. The number of nitrogens with zero attached hydrogens (tertiary/aromatic N) is 3. The van der Waals surface area contributed by atoms with E-state index in [-0.39, 0.29) is 6.10 Å². The second-order valence-electron chi connectivity index (χ2n) is 4.79. The molecule has 0 N–H and O–H groups in total. The zero-order valence-corrected chi connectivity index (χ0v) is 12.8. The van der Waals surface area contributed by atoms with Crippen molar-refractivity contribution in [3.8, 4) is 5.75 Å². The molecule has 118 valence electrons. The number of thiazole rings is 1. The van der Waals surface area contributed by atoms with E-state index in [0.29, 0.717) is 35.4 Å². The molecule has 2 aromatic rings. The second-order valence-corrected chi connectivity index (χ2v) is 6.04. The Morgan fingerprint density at radius 1 is 1.41 bits per heavy atom. The van der Waals surface area contributed by atoms with Crippen molar-refractivity contribution >= 4 is 28.1 Å². The van der Waals surface area contributed by atoms with E-state index in [0.717, 1.165) is 16.7 Å². The van der Waals surface area contributed by atoms with Crippen molar-refractivity contribution in [3.63, 3.8) is 0 Å². The predicted octanol–water partition coefficient (Wildman–Crippen LogP) is 3.87. The first-order valence-corrected chi connectivity index (χ1v) is 7.73. The summed E-state index contributed by atoms with van der Waals surface area (Å²) in [5.74, 6) is 0.527. The molecule has 3 rings (SSSR count). The van der Waals surface area contributed by atoms with Gasteiger partial charge in [-0.05, 0) is 0 Å². The zero-order chi connectivity index (χ0) is 15.7. The molecule has 1 unspecified atom stereocenters. The fraction of sp³-hybridized carbons (Fsp3) is 0.385. The van der Waals surface area contributed by atoms with Crippen molar-refractivity contribution in [2.75, 3.05) is 18.0 Å². The Balaban J connectivity index is 1.65. The second kappa shape index (κ2) is 5.92. The highest BCUT2D eigenvalue weighted by molar-refractivity contribution is 7.13. The molecule has 2 aromatic heterocycles. The van der Waals surface area contributed by atoms with Crippen LogP contribution < -0.4 is 9.64 Å². The third-order valence-corrected chi connectivity index (χ3v) is 4.41. The maximum atomic E-state index is 12.6. The highest BCUT2D eigenvalue weighted by Crippen LogP contribution is 2.34. The van der Waals surface area contributed by atoms with Crippen LogP contribution in [-0.2, 0) is 6.18 Å². The van der Waals surface area contributed by atoms with Crippen LogP contribution in [-0.4, -0.2) is 29.2 Å². The fourth-order valence-electron chi connectivity index (χ4n) is 2.18. The molecule has 1 aliphatic heterocycles.